The molecule has 0 radical (unpaired) electrons. The number of rotatable bonds is 2. The minimum Gasteiger partial charge on any atom is -0.277 e. The Morgan fingerprint density at radius 3 is 1.78 bits per heavy atom. The lowest BCUT2D eigenvalue weighted by atomic mass is 10.00. The Hall–Kier alpha value is -5.66. The van der Waals surface area contributed by atoms with Crippen molar-refractivity contribution in [2.45, 2.75) is 0 Å². The SMILES string of the molecule is c1ccc2c(c1)sc1c(-c3nc(-n4c5ccccc5c5c6c7ccccc7sc6c6ccccc6c54)nc4c3sc3ccccc34)cccc12. The molecular formula is C44H23N3S3. The quantitative estimate of drug-likeness (QED) is 0.181. The molecule has 12 rings (SSSR count). The van der Waals surface area contributed by atoms with Gasteiger partial charge in [0, 0.05) is 77.5 Å². The molecule has 0 saturated heterocycles. The van der Waals surface area contributed by atoms with E-state index >= 15 is 0 Å². The maximum absolute atomic E-state index is 5.64. The highest BCUT2D eigenvalue weighted by Gasteiger charge is 2.25. The average molecular weight is 690 g/mol. The maximum Gasteiger partial charge on any atom is 0.235 e. The summed E-state index contributed by atoms with van der Waals surface area (Å²) in [6.07, 6.45) is 0. The van der Waals surface area contributed by atoms with Crippen molar-refractivity contribution in [2.24, 2.45) is 0 Å². The normalized spacial score (nSPS) is 12.4. The van der Waals surface area contributed by atoms with Gasteiger partial charge < -0.3 is 0 Å². The summed E-state index contributed by atoms with van der Waals surface area (Å²) in [5.74, 6) is 0.699. The van der Waals surface area contributed by atoms with Crippen molar-refractivity contribution in [3.05, 3.63) is 140 Å². The predicted octanol–water partition coefficient (Wildman–Crippen LogP) is 13.5. The van der Waals surface area contributed by atoms with Crippen LogP contribution in [0.2, 0.25) is 0 Å². The highest BCUT2D eigenvalue weighted by molar-refractivity contribution is 7.27. The molecule has 0 saturated carbocycles. The van der Waals surface area contributed by atoms with Gasteiger partial charge in [-0.2, -0.15) is 0 Å². The Labute approximate surface area is 296 Å². The lowest BCUT2D eigenvalue weighted by Crippen LogP contribution is -2.03. The largest absolute Gasteiger partial charge is 0.277 e. The summed E-state index contributed by atoms with van der Waals surface area (Å²) in [6.45, 7) is 0. The number of thiophene rings is 3. The summed E-state index contributed by atoms with van der Waals surface area (Å²) in [5, 5.41) is 11.3. The molecule has 0 spiro atoms. The number of aromatic nitrogens is 3. The molecule has 0 aliphatic rings. The Morgan fingerprint density at radius 1 is 0.400 bits per heavy atom. The minimum absolute atomic E-state index is 0.699. The van der Waals surface area contributed by atoms with E-state index in [2.05, 4.69) is 144 Å². The lowest BCUT2D eigenvalue weighted by Gasteiger charge is -2.12. The number of nitrogens with zero attached hydrogens (tertiary/aromatic N) is 3. The van der Waals surface area contributed by atoms with Crippen LogP contribution in [-0.4, -0.2) is 14.5 Å². The number of hydrogen-bond donors (Lipinski definition) is 0. The van der Waals surface area contributed by atoms with E-state index in [4.69, 9.17) is 9.97 Å². The van der Waals surface area contributed by atoms with Gasteiger partial charge in [0.05, 0.1) is 26.9 Å². The van der Waals surface area contributed by atoms with Crippen LogP contribution in [0.4, 0.5) is 0 Å². The molecule has 5 aromatic heterocycles. The molecule has 0 fully saturated rings. The van der Waals surface area contributed by atoms with Gasteiger partial charge in [-0.25, -0.2) is 9.97 Å². The zero-order valence-electron chi connectivity index (χ0n) is 26.3. The zero-order valence-corrected chi connectivity index (χ0v) is 28.8. The monoisotopic (exact) mass is 689 g/mol. The molecule has 6 heteroatoms. The topological polar surface area (TPSA) is 30.7 Å². The highest BCUT2D eigenvalue weighted by atomic mass is 32.1. The predicted molar refractivity (Wildman–Crippen MR) is 218 cm³/mol. The van der Waals surface area contributed by atoms with Crippen LogP contribution in [-0.2, 0) is 0 Å². The van der Waals surface area contributed by atoms with E-state index < -0.39 is 0 Å². The lowest BCUT2D eigenvalue weighted by molar-refractivity contribution is 1.02. The van der Waals surface area contributed by atoms with E-state index in [1.165, 1.54) is 66.6 Å². The van der Waals surface area contributed by atoms with Gasteiger partial charge >= 0.3 is 0 Å². The van der Waals surface area contributed by atoms with Crippen molar-refractivity contribution in [2.75, 3.05) is 0 Å². The standard InChI is InChI=1S/C44H23N3S3/c1-2-14-27-25(13-1)40-36(37-29-16-5-9-22-34(29)49-42(27)37)28-15-3-7-20-32(28)47(40)44-45-38-30-17-6-10-23-35(30)50-43(38)39(46-44)31-19-11-18-26-24-12-4-8-21-33(24)48-41(26)31/h1-23H. The summed E-state index contributed by atoms with van der Waals surface area (Å²) in [4.78, 5) is 11.2. The van der Waals surface area contributed by atoms with Gasteiger partial charge in [-0.05, 0) is 24.3 Å². The van der Waals surface area contributed by atoms with Gasteiger partial charge in [0.2, 0.25) is 5.95 Å². The van der Waals surface area contributed by atoms with Gasteiger partial charge in [0.1, 0.15) is 0 Å². The molecule has 0 unspecified atom stereocenters. The van der Waals surface area contributed by atoms with Crippen LogP contribution in [0.3, 0.4) is 0 Å². The molecule has 3 nitrogen and oxygen atoms in total. The third-order valence-corrected chi connectivity index (χ3v) is 13.8. The minimum atomic E-state index is 0.699. The van der Waals surface area contributed by atoms with Crippen LogP contribution >= 0.6 is 34.0 Å². The third-order valence-electron chi connectivity index (χ3n) is 10.2. The van der Waals surface area contributed by atoms with Gasteiger partial charge in [-0.15, -0.1) is 34.0 Å². The number of fused-ring (bicyclic) bond motifs is 16. The zero-order chi connectivity index (χ0) is 32.5. The molecule has 7 aromatic carbocycles. The molecule has 50 heavy (non-hydrogen) atoms. The molecule has 12 aromatic rings. The van der Waals surface area contributed by atoms with Crippen LogP contribution in [0.25, 0.3) is 110 Å². The maximum atomic E-state index is 5.64. The van der Waals surface area contributed by atoms with E-state index in [1.807, 2.05) is 22.7 Å². The highest BCUT2D eigenvalue weighted by Crippen LogP contribution is 2.49. The summed E-state index contributed by atoms with van der Waals surface area (Å²) >= 11 is 5.53. The number of hydrogen-bond acceptors (Lipinski definition) is 5. The van der Waals surface area contributed by atoms with Crippen molar-refractivity contribution >= 4 is 127 Å². The fourth-order valence-electron chi connectivity index (χ4n) is 8.12. The molecule has 0 amide bonds. The van der Waals surface area contributed by atoms with E-state index in [1.54, 1.807) is 11.3 Å². The molecule has 0 bridgehead atoms. The summed E-state index contributed by atoms with van der Waals surface area (Å²) in [5.41, 5.74) is 5.41. The molecule has 0 N–H and O–H groups in total. The molecule has 5 heterocycles. The Bertz CT molecular complexity index is 3400. The van der Waals surface area contributed by atoms with E-state index in [9.17, 15) is 0 Å². The number of benzene rings is 7. The molecule has 0 atom stereocenters. The second-order valence-corrected chi connectivity index (χ2v) is 16.0. The first-order valence-electron chi connectivity index (χ1n) is 16.7. The van der Waals surface area contributed by atoms with Crippen LogP contribution in [0.5, 0.6) is 0 Å². The molecular weight excluding hydrogens is 667 g/mol. The van der Waals surface area contributed by atoms with Crippen molar-refractivity contribution in [1.82, 2.24) is 14.5 Å². The molecule has 0 aliphatic carbocycles. The van der Waals surface area contributed by atoms with Crippen LogP contribution in [0.1, 0.15) is 0 Å². The molecule has 232 valence electrons. The fraction of sp³-hybridized carbons (Fsp3) is 0. The van der Waals surface area contributed by atoms with Crippen molar-refractivity contribution < 1.29 is 0 Å². The second-order valence-electron chi connectivity index (χ2n) is 12.9. The van der Waals surface area contributed by atoms with Crippen molar-refractivity contribution in [3.63, 3.8) is 0 Å². The fourth-order valence-corrected chi connectivity index (χ4v) is 11.7. The van der Waals surface area contributed by atoms with Gasteiger partial charge in [0.25, 0.3) is 0 Å². The van der Waals surface area contributed by atoms with Crippen molar-refractivity contribution in [1.29, 1.82) is 0 Å². The van der Waals surface area contributed by atoms with Crippen LogP contribution < -0.4 is 0 Å². The Morgan fingerprint density at radius 2 is 0.960 bits per heavy atom. The second kappa shape index (κ2) is 9.96. The summed E-state index contributed by atoms with van der Waals surface area (Å²) < 4.78 is 9.87. The van der Waals surface area contributed by atoms with Gasteiger partial charge in [-0.3, -0.25) is 4.57 Å². The first kappa shape index (κ1) is 27.2. The first-order valence-corrected chi connectivity index (χ1v) is 19.1. The smallest absolute Gasteiger partial charge is 0.235 e. The van der Waals surface area contributed by atoms with E-state index in [-0.39, 0.29) is 0 Å². The Kier molecular flexibility index (Phi) is 5.42. The van der Waals surface area contributed by atoms with Gasteiger partial charge in [-0.1, -0.05) is 115 Å². The first-order chi connectivity index (χ1) is 24.8. The summed E-state index contributed by atoms with van der Waals surface area (Å²) in [6, 6.07) is 50.6. The van der Waals surface area contributed by atoms with E-state index in [0.717, 1.165) is 37.9 Å². The average Bonchev–Trinajstić information content (AvgIpc) is 3.93. The third kappa shape index (κ3) is 3.52. The van der Waals surface area contributed by atoms with Crippen LogP contribution in [0, 0.1) is 0 Å². The Balaban J connectivity index is 1.30. The van der Waals surface area contributed by atoms with Gasteiger partial charge in [0.15, 0.2) is 0 Å². The molecule has 0 aliphatic heterocycles. The van der Waals surface area contributed by atoms with E-state index in [0.29, 0.717) is 5.95 Å². The number of para-hydroxylation sites is 1. The van der Waals surface area contributed by atoms with Crippen molar-refractivity contribution in [3.8, 4) is 17.2 Å². The summed E-state index contributed by atoms with van der Waals surface area (Å²) in [7, 11) is 0. The van der Waals surface area contributed by atoms with Crippen LogP contribution in [0.15, 0.2) is 140 Å².